The van der Waals surface area contributed by atoms with Gasteiger partial charge in [0.1, 0.15) is 6.54 Å². The summed E-state index contributed by atoms with van der Waals surface area (Å²) >= 11 is 0. The molecule has 1 atom stereocenters. The number of carbonyl (C=O) groups is 3. The predicted molar refractivity (Wildman–Crippen MR) is 89.6 cm³/mol. The Morgan fingerprint density at radius 1 is 0.833 bits per heavy atom. The van der Waals surface area contributed by atoms with Crippen molar-refractivity contribution < 1.29 is 33.8 Å². The van der Waals surface area contributed by atoms with Gasteiger partial charge >= 0.3 is 17.9 Å². The van der Waals surface area contributed by atoms with E-state index in [4.69, 9.17) is 14.9 Å². The van der Waals surface area contributed by atoms with Crippen molar-refractivity contribution in [2.24, 2.45) is 0 Å². The molecule has 0 amide bonds. The Morgan fingerprint density at radius 2 is 1.33 bits per heavy atom. The first-order valence-corrected chi connectivity index (χ1v) is 8.53. The molecule has 0 aliphatic rings. The lowest BCUT2D eigenvalue weighted by Gasteiger charge is -2.28. The molecule has 0 aliphatic carbocycles. The Kier molecular flexibility index (Phi) is 11.0. The van der Waals surface area contributed by atoms with Crippen molar-refractivity contribution in [3.8, 4) is 0 Å². The summed E-state index contributed by atoms with van der Waals surface area (Å²) < 4.78 is 5.84. The second-order valence-electron chi connectivity index (χ2n) is 7.20. The molecule has 24 heavy (non-hydrogen) atoms. The van der Waals surface area contributed by atoms with E-state index in [1.54, 1.807) is 0 Å². The van der Waals surface area contributed by atoms with Crippen LogP contribution in [0.15, 0.2) is 0 Å². The molecule has 0 spiro atoms. The minimum absolute atomic E-state index is 0.176. The van der Waals surface area contributed by atoms with Crippen molar-refractivity contribution in [3.63, 3.8) is 0 Å². The number of rotatable bonds is 14. The molecule has 0 aromatic carbocycles. The summed E-state index contributed by atoms with van der Waals surface area (Å²) in [5, 5.41) is 17.4. The molecule has 140 valence electrons. The molecule has 0 aromatic heterocycles. The van der Waals surface area contributed by atoms with Gasteiger partial charge in [-0.2, -0.15) is 0 Å². The van der Waals surface area contributed by atoms with Gasteiger partial charge in [-0.25, -0.2) is 0 Å². The number of unbranched alkanes of at least 4 members (excludes halogenated alkanes) is 5. The molecular formula is C17H32NO6+. The molecule has 1 unspecified atom stereocenters. The van der Waals surface area contributed by atoms with Gasteiger partial charge < -0.3 is 19.4 Å². The molecule has 2 N–H and O–H groups in total. The van der Waals surface area contributed by atoms with Crippen LogP contribution in [0.25, 0.3) is 0 Å². The Balaban J connectivity index is 3.88. The van der Waals surface area contributed by atoms with Gasteiger partial charge in [0.25, 0.3) is 0 Å². The number of likely N-dealkylation sites (N-methyl/N-ethyl adjacent to an activating group) is 1. The van der Waals surface area contributed by atoms with E-state index in [0.29, 0.717) is 30.3 Å². The first-order valence-electron chi connectivity index (χ1n) is 8.53. The van der Waals surface area contributed by atoms with Gasteiger partial charge in [-0.15, -0.1) is 0 Å². The molecule has 7 nitrogen and oxygen atoms in total. The number of quaternary nitrogens is 1. The molecular weight excluding hydrogens is 314 g/mol. The number of esters is 1. The number of aliphatic carboxylic acids is 2. The van der Waals surface area contributed by atoms with E-state index >= 15 is 0 Å². The first kappa shape index (κ1) is 22.4. The van der Waals surface area contributed by atoms with Crippen molar-refractivity contribution in [3.05, 3.63) is 0 Å². The van der Waals surface area contributed by atoms with Gasteiger partial charge in [0.15, 0.2) is 6.10 Å². The number of nitrogens with zero attached hydrogens (tertiary/aromatic N) is 1. The fourth-order valence-corrected chi connectivity index (χ4v) is 2.45. The quantitative estimate of drug-likeness (QED) is 0.284. The second kappa shape index (κ2) is 11.8. The highest BCUT2D eigenvalue weighted by molar-refractivity contribution is 5.71. The lowest BCUT2D eigenvalue weighted by atomic mass is 10.1. The average molecular weight is 346 g/mol. The smallest absolute Gasteiger partial charge is 0.307 e. The van der Waals surface area contributed by atoms with Crippen LogP contribution in [-0.2, 0) is 19.1 Å². The van der Waals surface area contributed by atoms with Crippen molar-refractivity contribution in [1.82, 2.24) is 0 Å². The molecule has 0 radical (unpaired) electrons. The molecule has 7 heteroatoms. The van der Waals surface area contributed by atoms with Crippen molar-refractivity contribution in [2.75, 3.05) is 27.7 Å². The van der Waals surface area contributed by atoms with Crippen LogP contribution in [0.3, 0.4) is 0 Å². The normalized spacial score (nSPS) is 12.6. The Hall–Kier alpha value is -1.63. The van der Waals surface area contributed by atoms with Crippen molar-refractivity contribution >= 4 is 17.9 Å². The van der Waals surface area contributed by atoms with E-state index in [1.807, 2.05) is 21.1 Å². The zero-order valence-corrected chi connectivity index (χ0v) is 15.1. The lowest BCUT2D eigenvalue weighted by Crippen LogP contribution is -2.43. The second-order valence-corrected chi connectivity index (χ2v) is 7.20. The summed E-state index contributed by atoms with van der Waals surface area (Å²) in [6.07, 6.45) is 4.83. The highest BCUT2D eigenvalue weighted by Crippen LogP contribution is 2.11. The van der Waals surface area contributed by atoms with Crippen LogP contribution in [0.5, 0.6) is 0 Å². The predicted octanol–water partition coefficient (Wildman–Crippen LogP) is 2.28. The summed E-state index contributed by atoms with van der Waals surface area (Å²) in [5.74, 6) is -2.08. The molecule has 0 saturated carbocycles. The SMILES string of the molecule is C[N+](C)(C)CC(CC(=O)O)OC(=O)CCCCCCCCC(=O)O. The van der Waals surface area contributed by atoms with E-state index in [2.05, 4.69) is 0 Å². The number of hydrogen-bond donors (Lipinski definition) is 2. The maximum absolute atomic E-state index is 11.8. The third-order valence-electron chi connectivity index (χ3n) is 3.47. The fraction of sp³-hybridized carbons (Fsp3) is 0.824. The van der Waals surface area contributed by atoms with Gasteiger partial charge in [-0.1, -0.05) is 25.7 Å². The monoisotopic (exact) mass is 346 g/mol. The number of carboxylic acids is 2. The highest BCUT2D eigenvalue weighted by atomic mass is 16.5. The van der Waals surface area contributed by atoms with Crippen LogP contribution in [0.4, 0.5) is 0 Å². The zero-order valence-electron chi connectivity index (χ0n) is 15.1. The first-order chi connectivity index (χ1) is 11.1. The van der Waals surface area contributed by atoms with Crippen LogP contribution in [0.2, 0.25) is 0 Å². The van der Waals surface area contributed by atoms with Gasteiger partial charge in [-0.05, 0) is 12.8 Å². The number of carboxylic acid groups (broad SMARTS) is 2. The maximum Gasteiger partial charge on any atom is 0.307 e. The van der Waals surface area contributed by atoms with Gasteiger partial charge in [0.2, 0.25) is 0 Å². The van der Waals surface area contributed by atoms with Gasteiger partial charge in [-0.3, -0.25) is 14.4 Å². The maximum atomic E-state index is 11.8. The number of carbonyl (C=O) groups excluding carboxylic acids is 1. The van der Waals surface area contributed by atoms with Crippen molar-refractivity contribution in [1.29, 1.82) is 0 Å². The third-order valence-corrected chi connectivity index (χ3v) is 3.47. The van der Waals surface area contributed by atoms with Crippen LogP contribution >= 0.6 is 0 Å². The summed E-state index contributed by atoms with van der Waals surface area (Å²) in [6.45, 7) is 0.460. The Labute approximate surface area is 144 Å². The summed E-state index contributed by atoms with van der Waals surface area (Å²) in [4.78, 5) is 33.1. The van der Waals surface area contributed by atoms with Crippen molar-refractivity contribution in [2.45, 2.75) is 63.9 Å². The molecule has 0 aromatic rings. The summed E-state index contributed by atoms with van der Waals surface area (Å²) in [6, 6.07) is 0. The number of hydrogen-bond acceptors (Lipinski definition) is 4. The molecule has 0 bridgehead atoms. The number of ether oxygens (including phenoxy) is 1. The van der Waals surface area contributed by atoms with E-state index in [1.165, 1.54) is 0 Å². The van der Waals surface area contributed by atoms with E-state index in [0.717, 1.165) is 25.7 Å². The third kappa shape index (κ3) is 15.3. The lowest BCUT2D eigenvalue weighted by molar-refractivity contribution is -0.873. The van der Waals surface area contributed by atoms with Crippen LogP contribution in [0.1, 0.15) is 57.8 Å². The molecule has 0 fully saturated rings. The largest absolute Gasteiger partial charge is 0.481 e. The molecule has 0 rings (SSSR count). The van der Waals surface area contributed by atoms with E-state index in [-0.39, 0.29) is 18.8 Å². The van der Waals surface area contributed by atoms with Crippen LogP contribution in [0, 0.1) is 0 Å². The molecule has 0 saturated heterocycles. The minimum atomic E-state index is -0.970. The fourth-order valence-electron chi connectivity index (χ4n) is 2.45. The van der Waals surface area contributed by atoms with E-state index in [9.17, 15) is 14.4 Å². The van der Waals surface area contributed by atoms with Gasteiger partial charge in [0, 0.05) is 12.8 Å². The average Bonchev–Trinajstić information content (AvgIpc) is 2.38. The zero-order chi connectivity index (χ0) is 18.6. The highest BCUT2D eigenvalue weighted by Gasteiger charge is 2.24. The van der Waals surface area contributed by atoms with E-state index < -0.39 is 18.0 Å². The van der Waals surface area contributed by atoms with Gasteiger partial charge in [0.05, 0.1) is 27.6 Å². The Bertz CT molecular complexity index is 402. The Morgan fingerprint density at radius 3 is 1.79 bits per heavy atom. The summed E-state index contributed by atoms with van der Waals surface area (Å²) in [5.41, 5.74) is 0. The standard InChI is InChI=1S/C17H31NO6/c1-18(2,3)13-14(12-16(21)22)24-17(23)11-9-7-5-4-6-8-10-15(19)20/h14H,4-13H2,1-3H3,(H-,19,20,21,22)/p+1. The molecule has 0 heterocycles. The minimum Gasteiger partial charge on any atom is -0.481 e. The molecule has 0 aliphatic heterocycles. The summed E-state index contributed by atoms with van der Waals surface area (Å²) in [7, 11) is 5.77. The topological polar surface area (TPSA) is 101 Å². The van der Waals surface area contributed by atoms with Crippen LogP contribution in [-0.4, -0.2) is 66.4 Å². The van der Waals surface area contributed by atoms with Crippen LogP contribution < -0.4 is 0 Å².